The molecule has 18 heavy (non-hydrogen) atoms. The van der Waals surface area contributed by atoms with Crippen LogP contribution in [0.2, 0.25) is 0 Å². The molecule has 0 aliphatic heterocycles. The predicted octanol–water partition coefficient (Wildman–Crippen LogP) is 3.11. The fourth-order valence-corrected chi connectivity index (χ4v) is 2.51. The highest BCUT2D eigenvalue weighted by molar-refractivity contribution is 7.12. The second-order valence-electron chi connectivity index (χ2n) is 4.19. The van der Waals surface area contributed by atoms with Crippen LogP contribution in [-0.4, -0.2) is 11.0 Å². The van der Waals surface area contributed by atoms with Crippen molar-refractivity contribution in [3.05, 3.63) is 51.2 Å². The molecule has 0 saturated heterocycles. The molecule has 2 rings (SSSR count). The van der Waals surface area contributed by atoms with E-state index < -0.39 is 0 Å². The van der Waals surface area contributed by atoms with Gasteiger partial charge in [-0.3, -0.25) is 4.79 Å². The fraction of sp³-hybridized carbons (Fsp3) is 0.214. The lowest BCUT2D eigenvalue weighted by atomic mass is 10.1. The molecular formula is C14H15NO2S. The first-order chi connectivity index (χ1) is 8.61. The number of carbonyl (C=O) groups excluding carboxylic acids is 1. The number of anilines is 1. The van der Waals surface area contributed by atoms with Crippen molar-refractivity contribution in [3.63, 3.8) is 0 Å². The number of aryl methyl sites for hydroxylation is 2. The molecule has 0 aliphatic rings. The van der Waals surface area contributed by atoms with Gasteiger partial charge in [0.1, 0.15) is 0 Å². The summed E-state index contributed by atoms with van der Waals surface area (Å²) < 4.78 is 0. The molecule has 94 valence electrons. The molecule has 0 aliphatic carbocycles. The molecule has 0 unspecified atom stereocenters. The van der Waals surface area contributed by atoms with Gasteiger partial charge in [-0.2, -0.15) is 0 Å². The van der Waals surface area contributed by atoms with Crippen LogP contribution in [-0.2, 0) is 6.61 Å². The quantitative estimate of drug-likeness (QED) is 0.892. The summed E-state index contributed by atoms with van der Waals surface area (Å²) in [6, 6.07) is 7.47. The van der Waals surface area contributed by atoms with Gasteiger partial charge in [0.2, 0.25) is 0 Å². The summed E-state index contributed by atoms with van der Waals surface area (Å²) in [5.74, 6) is -0.0966. The van der Waals surface area contributed by atoms with Gasteiger partial charge in [0.25, 0.3) is 5.91 Å². The van der Waals surface area contributed by atoms with E-state index in [1.54, 1.807) is 6.07 Å². The zero-order valence-corrected chi connectivity index (χ0v) is 11.2. The maximum Gasteiger partial charge on any atom is 0.266 e. The van der Waals surface area contributed by atoms with Gasteiger partial charge in [-0.25, -0.2) is 0 Å². The number of hydrogen-bond acceptors (Lipinski definition) is 3. The van der Waals surface area contributed by atoms with E-state index in [2.05, 4.69) is 5.32 Å². The molecule has 4 heteroatoms. The van der Waals surface area contributed by atoms with Crippen molar-refractivity contribution < 1.29 is 9.90 Å². The second-order valence-corrected chi connectivity index (χ2v) is 5.11. The lowest BCUT2D eigenvalue weighted by Crippen LogP contribution is -2.12. The lowest BCUT2D eigenvalue weighted by Gasteiger charge is -2.09. The third-order valence-corrected chi connectivity index (χ3v) is 3.82. The predicted molar refractivity (Wildman–Crippen MR) is 74.1 cm³/mol. The van der Waals surface area contributed by atoms with Crippen molar-refractivity contribution in [3.8, 4) is 0 Å². The number of hydrogen-bond donors (Lipinski definition) is 2. The van der Waals surface area contributed by atoms with Gasteiger partial charge in [0.15, 0.2) is 0 Å². The average Bonchev–Trinajstić information content (AvgIpc) is 2.78. The summed E-state index contributed by atoms with van der Waals surface area (Å²) in [4.78, 5) is 12.8. The molecule has 2 aromatic rings. The maximum absolute atomic E-state index is 12.1. The van der Waals surface area contributed by atoms with E-state index in [0.717, 1.165) is 27.3 Å². The van der Waals surface area contributed by atoms with Gasteiger partial charge in [-0.15, -0.1) is 11.3 Å². The Bertz CT molecular complexity index is 575. The minimum Gasteiger partial charge on any atom is -0.392 e. The Balaban J connectivity index is 2.24. The smallest absolute Gasteiger partial charge is 0.266 e. The summed E-state index contributed by atoms with van der Waals surface area (Å²) in [7, 11) is 0. The van der Waals surface area contributed by atoms with E-state index in [4.69, 9.17) is 5.11 Å². The van der Waals surface area contributed by atoms with Crippen LogP contribution < -0.4 is 5.32 Å². The third-order valence-electron chi connectivity index (χ3n) is 2.80. The Kier molecular flexibility index (Phi) is 3.79. The molecule has 1 aromatic heterocycles. The van der Waals surface area contributed by atoms with Crippen molar-refractivity contribution in [1.29, 1.82) is 0 Å². The summed E-state index contributed by atoms with van der Waals surface area (Å²) in [6.45, 7) is 3.82. The Hall–Kier alpha value is -1.65. The van der Waals surface area contributed by atoms with Crippen molar-refractivity contribution in [2.75, 3.05) is 5.32 Å². The van der Waals surface area contributed by atoms with E-state index in [-0.39, 0.29) is 12.5 Å². The second kappa shape index (κ2) is 5.33. The Morgan fingerprint density at radius 1 is 1.28 bits per heavy atom. The molecular weight excluding hydrogens is 246 g/mol. The monoisotopic (exact) mass is 261 g/mol. The van der Waals surface area contributed by atoms with Gasteiger partial charge in [-0.05, 0) is 48.1 Å². The standard InChI is InChI=1S/C14H15NO2S/c1-9-3-4-11(8-16)7-12(9)15-14(17)13-10(2)5-6-18-13/h3-7,16H,8H2,1-2H3,(H,15,17). The number of carbonyl (C=O) groups is 1. The SMILES string of the molecule is Cc1ccc(CO)cc1NC(=O)c1sccc1C. The minimum absolute atomic E-state index is 0.0266. The third kappa shape index (κ3) is 2.60. The highest BCUT2D eigenvalue weighted by Crippen LogP contribution is 2.21. The summed E-state index contributed by atoms with van der Waals surface area (Å²) in [5.41, 5.74) is 3.50. The molecule has 0 spiro atoms. The van der Waals surface area contributed by atoms with Crippen LogP contribution >= 0.6 is 11.3 Å². The van der Waals surface area contributed by atoms with Crippen LogP contribution in [0.15, 0.2) is 29.6 Å². The molecule has 0 radical (unpaired) electrons. The zero-order chi connectivity index (χ0) is 13.1. The topological polar surface area (TPSA) is 49.3 Å². The molecule has 0 atom stereocenters. The number of aliphatic hydroxyl groups excluding tert-OH is 1. The number of rotatable bonds is 3. The molecule has 2 N–H and O–H groups in total. The van der Waals surface area contributed by atoms with Gasteiger partial charge in [0, 0.05) is 5.69 Å². The normalized spacial score (nSPS) is 10.4. The fourth-order valence-electron chi connectivity index (χ4n) is 1.69. The van der Waals surface area contributed by atoms with E-state index in [1.165, 1.54) is 11.3 Å². The Morgan fingerprint density at radius 3 is 2.67 bits per heavy atom. The average molecular weight is 261 g/mol. The van der Waals surface area contributed by atoms with Gasteiger partial charge >= 0.3 is 0 Å². The van der Waals surface area contributed by atoms with Crippen LogP contribution in [0.4, 0.5) is 5.69 Å². The first-order valence-electron chi connectivity index (χ1n) is 5.67. The highest BCUT2D eigenvalue weighted by atomic mass is 32.1. The van der Waals surface area contributed by atoms with Gasteiger partial charge in [0.05, 0.1) is 11.5 Å². The summed E-state index contributed by atoms with van der Waals surface area (Å²) in [5, 5.41) is 13.9. The van der Waals surface area contributed by atoms with E-state index >= 15 is 0 Å². The largest absolute Gasteiger partial charge is 0.392 e. The maximum atomic E-state index is 12.1. The zero-order valence-electron chi connectivity index (χ0n) is 10.4. The molecule has 1 aromatic carbocycles. The van der Waals surface area contributed by atoms with E-state index in [9.17, 15) is 4.79 Å². The first kappa shape index (κ1) is 12.8. The van der Waals surface area contributed by atoms with Gasteiger partial charge in [-0.1, -0.05) is 12.1 Å². The van der Waals surface area contributed by atoms with Crippen LogP contribution in [0.25, 0.3) is 0 Å². The molecule has 3 nitrogen and oxygen atoms in total. The van der Waals surface area contributed by atoms with Crippen LogP contribution in [0.5, 0.6) is 0 Å². The molecule has 0 saturated carbocycles. The van der Waals surface area contributed by atoms with Crippen molar-refractivity contribution in [2.45, 2.75) is 20.5 Å². The van der Waals surface area contributed by atoms with Crippen molar-refractivity contribution in [1.82, 2.24) is 0 Å². The van der Waals surface area contributed by atoms with Crippen molar-refractivity contribution in [2.24, 2.45) is 0 Å². The lowest BCUT2D eigenvalue weighted by molar-refractivity contribution is 0.103. The van der Waals surface area contributed by atoms with Crippen LogP contribution in [0.3, 0.4) is 0 Å². The summed E-state index contributed by atoms with van der Waals surface area (Å²) in [6.07, 6.45) is 0. The van der Waals surface area contributed by atoms with Crippen LogP contribution in [0.1, 0.15) is 26.4 Å². The van der Waals surface area contributed by atoms with E-state index in [1.807, 2.05) is 37.4 Å². The van der Waals surface area contributed by atoms with Crippen LogP contribution in [0, 0.1) is 13.8 Å². The number of thiophene rings is 1. The van der Waals surface area contributed by atoms with Crippen molar-refractivity contribution >= 4 is 22.9 Å². The first-order valence-corrected chi connectivity index (χ1v) is 6.55. The van der Waals surface area contributed by atoms with E-state index in [0.29, 0.717) is 0 Å². The number of amides is 1. The highest BCUT2D eigenvalue weighted by Gasteiger charge is 2.11. The molecule has 1 amide bonds. The number of benzene rings is 1. The molecule has 1 heterocycles. The molecule has 0 bridgehead atoms. The number of aliphatic hydroxyl groups is 1. The number of nitrogens with one attached hydrogen (secondary N) is 1. The summed E-state index contributed by atoms with van der Waals surface area (Å²) >= 11 is 1.43. The minimum atomic E-state index is -0.0966. The Morgan fingerprint density at radius 2 is 2.06 bits per heavy atom. The molecule has 0 fully saturated rings. The Labute approximate surface area is 110 Å². The van der Waals surface area contributed by atoms with Gasteiger partial charge < -0.3 is 10.4 Å².